The van der Waals surface area contributed by atoms with Gasteiger partial charge in [-0.05, 0) is 38.5 Å². The first-order valence-corrected chi connectivity index (χ1v) is 6.02. The third-order valence-electron chi connectivity index (χ3n) is 2.32. The van der Waals surface area contributed by atoms with Crippen LogP contribution in [0.5, 0.6) is 0 Å². The number of carbonyl (C=O) groups excluding carboxylic acids is 2. The number of ether oxygens (including phenoxy) is 2. The molecule has 104 valence electrons. The van der Waals surface area contributed by atoms with Crippen LogP contribution in [0.15, 0.2) is 16.1 Å². The summed E-state index contributed by atoms with van der Waals surface area (Å²) in [6.45, 7) is 7.13. The van der Waals surface area contributed by atoms with Crippen molar-refractivity contribution >= 4 is 18.0 Å². The molecule has 0 aliphatic heterocycles. The van der Waals surface area contributed by atoms with Gasteiger partial charge in [-0.15, -0.1) is 0 Å². The Morgan fingerprint density at radius 2 is 2.00 bits per heavy atom. The lowest BCUT2D eigenvalue weighted by Crippen LogP contribution is -2.04. The molecule has 1 aromatic heterocycles. The van der Waals surface area contributed by atoms with Gasteiger partial charge in [-0.3, -0.25) is 4.79 Å². The normalized spacial score (nSPS) is 11.3. The predicted octanol–water partition coefficient (Wildman–Crippen LogP) is 2.73. The predicted molar refractivity (Wildman–Crippen MR) is 69.7 cm³/mol. The van der Waals surface area contributed by atoms with E-state index in [1.165, 1.54) is 6.92 Å². The van der Waals surface area contributed by atoms with E-state index in [1.807, 2.05) is 6.92 Å². The molecule has 0 N–H and O–H groups in total. The molecule has 0 aliphatic rings. The summed E-state index contributed by atoms with van der Waals surface area (Å²) in [7, 11) is 0. The summed E-state index contributed by atoms with van der Waals surface area (Å²) in [5, 5.41) is 0. The Labute approximate surface area is 112 Å². The molecule has 1 heterocycles. The fraction of sp³-hybridized carbons (Fsp3) is 0.429. The molecule has 0 bridgehead atoms. The van der Waals surface area contributed by atoms with Crippen molar-refractivity contribution in [3.8, 4) is 0 Å². The summed E-state index contributed by atoms with van der Waals surface area (Å²) in [5.74, 6) is 0.298. The molecule has 0 radical (unpaired) electrons. The zero-order valence-electron chi connectivity index (χ0n) is 11.6. The number of hydrogen-bond acceptors (Lipinski definition) is 5. The van der Waals surface area contributed by atoms with E-state index in [-0.39, 0.29) is 12.6 Å². The van der Waals surface area contributed by atoms with Crippen molar-refractivity contribution in [1.82, 2.24) is 0 Å². The number of hydrogen-bond donors (Lipinski definition) is 0. The Balaban J connectivity index is 2.80. The molecular weight excluding hydrogens is 248 g/mol. The maximum absolute atomic E-state index is 11.6. The van der Waals surface area contributed by atoms with E-state index >= 15 is 0 Å². The molecule has 0 saturated heterocycles. The van der Waals surface area contributed by atoms with E-state index in [1.54, 1.807) is 26.0 Å². The molecule has 1 rings (SSSR count). The zero-order chi connectivity index (χ0) is 14.4. The maximum atomic E-state index is 11.6. The summed E-state index contributed by atoms with van der Waals surface area (Å²) >= 11 is 0. The molecule has 5 nitrogen and oxygen atoms in total. The summed E-state index contributed by atoms with van der Waals surface area (Å²) in [6, 6.07) is 1.62. The highest BCUT2D eigenvalue weighted by molar-refractivity contribution is 5.91. The second-order valence-electron chi connectivity index (χ2n) is 4.11. The minimum absolute atomic E-state index is 0.198. The van der Waals surface area contributed by atoms with E-state index < -0.39 is 5.97 Å². The minimum atomic E-state index is -0.402. The van der Waals surface area contributed by atoms with Gasteiger partial charge in [-0.1, -0.05) is 0 Å². The molecule has 0 fully saturated rings. The Kier molecular flexibility index (Phi) is 5.36. The molecule has 19 heavy (non-hydrogen) atoms. The van der Waals surface area contributed by atoms with Gasteiger partial charge in [0.05, 0.1) is 6.61 Å². The first-order valence-electron chi connectivity index (χ1n) is 6.02. The minimum Gasteiger partial charge on any atom is -0.462 e. The Bertz CT molecular complexity index is 496. The molecule has 0 saturated carbocycles. The number of aryl methyl sites for hydroxylation is 1. The van der Waals surface area contributed by atoms with Gasteiger partial charge in [-0.2, -0.15) is 0 Å². The van der Waals surface area contributed by atoms with Gasteiger partial charge in [0.1, 0.15) is 23.7 Å². The second-order valence-corrected chi connectivity index (χ2v) is 4.11. The van der Waals surface area contributed by atoms with E-state index in [4.69, 9.17) is 13.9 Å². The fourth-order valence-electron chi connectivity index (χ4n) is 1.49. The van der Waals surface area contributed by atoms with Crippen LogP contribution in [-0.4, -0.2) is 25.2 Å². The topological polar surface area (TPSA) is 65.7 Å². The summed E-state index contributed by atoms with van der Waals surface area (Å²) in [5.41, 5.74) is 1.23. The SMILES string of the molecule is CCOC(=O)c1cc(/C=C(\C)COC(C)=O)oc1C. The third-order valence-corrected chi connectivity index (χ3v) is 2.32. The summed E-state index contributed by atoms with van der Waals surface area (Å²) in [6.07, 6.45) is 1.72. The highest BCUT2D eigenvalue weighted by Crippen LogP contribution is 2.18. The third kappa shape index (κ3) is 4.62. The van der Waals surface area contributed by atoms with Gasteiger partial charge in [-0.25, -0.2) is 4.79 Å². The van der Waals surface area contributed by atoms with Gasteiger partial charge < -0.3 is 13.9 Å². The number of furan rings is 1. The van der Waals surface area contributed by atoms with Crippen molar-refractivity contribution in [3.63, 3.8) is 0 Å². The van der Waals surface area contributed by atoms with Crippen LogP contribution in [0.4, 0.5) is 0 Å². The van der Waals surface area contributed by atoms with Gasteiger partial charge in [0.2, 0.25) is 0 Å². The van der Waals surface area contributed by atoms with Crippen molar-refractivity contribution in [2.24, 2.45) is 0 Å². The van der Waals surface area contributed by atoms with Crippen molar-refractivity contribution in [1.29, 1.82) is 0 Å². The average Bonchev–Trinajstić information content (AvgIpc) is 2.68. The summed E-state index contributed by atoms with van der Waals surface area (Å²) in [4.78, 5) is 22.3. The highest BCUT2D eigenvalue weighted by Gasteiger charge is 2.15. The van der Waals surface area contributed by atoms with Crippen LogP contribution in [-0.2, 0) is 14.3 Å². The van der Waals surface area contributed by atoms with Crippen LogP contribution in [0.25, 0.3) is 6.08 Å². The lowest BCUT2D eigenvalue weighted by Gasteiger charge is -2.00. The molecule has 0 atom stereocenters. The monoisotopic (exact) mass is 266 g/mol. The molecular formula is C14H18O5. The van der Waals surface area contributed by atoms with Crippen molar-refractivity contribution in [2.75, 3.05) is 13.2 Å². The van der Waals surface area contributed by atoms with Crippen molar-refractivity contribution < 1.29 is 23.5 Å². The molecule has 0 amide bonds. The molecule has 0 aromatic carbocycles. The van der Waals surface area contributed by atoms with Gasteiger partial charge >= 0.3 is 11.9 Å². The smallest absolute Gasteiger partial charge is 0.341 e. The van der Waals surface area contributed by atoms with Gasteiger partial charge in [0.15, 0.2) is 0 Å². The van der Waals surface area contributed by atoms with E-state index in [2.05, 4.69) is 0 Å². The first kappa shape index (κ1) is 15.0. The molecule has 0 aliphatic carbocycles. The lowest BCUT2D eigenvalue weighted by atomic mass is 10.2. The van der Waals surface area contributed by atoms with Crippen LogP contribution >= 0.6 is 0 Å². The lowest BCUT2D eigenvalue weighted by molar-refractivity contribution is -0.139. The number of rotatable bonds is 5. The van der Waals surface area contributed by atoms with Crippen LogP contribution in [0.1, 0.15) is 42.6 Å². The van der Waals surface area contributed by atoms with Crippen molar-refractivity contribution in [2.45, 2.75) is 27.7 Å². The molecule has 5 heteroatoms. The van der Waals surface area contributed by atoms with Gasteiger partial charge in [0, 0.05) is 6.92 Å². The Morgan fingerprint density at radius 1 is 1.32 bits per heavy atom. The van der Waals surface area contributed by atoms with E-state index in [0.29, 0.717) is 23.7 Å². The highest BCUT2D eigenvalue weighted by atomic mass is 16.5. The fourth-order valence-corrected chi connectivity index (χ4v) is 1.49. The molecule has 0 spiro atoms. The Morgan fingerprint density at radius 3 is 2.58 bits per heavy atom. The van der Waals surface area contributed by atoms with Crippen molar-refractivity contribution in [3.05, 3.63) is 28.7 Å². The average molecular weight is 266 g/mol. The standard InChI is InChI=1S/C14H18O5/c1-5-17-14(16)13-7-12(19-10(13)3)6-9(2)8-18-11(4)15/h6-7H,5,8H2,1-4H3/b9-6+. The zero-order valence-corrected chi connectivity index (χ0v) is 11.6. The van der Waals surface area contributed by atoms with Crippen LogP contribution < -0.4 is 0 Å². The largest absolute Gasteiger partial charge is 0.462 e. The molecule has 0 unspecified atom stereocenters. The van der Waals surface area contributed by atoms with Crippen LogP contribution in [0.3, 0.4) is 0 Å². The van der Waals surface area contributed by atoms with Gasteiger partial charge in [0.25, 0.3) is 0 Å². The number of esters is 2. The quantitative estimate of drug-likeness (QED) is 0.767. The number of carbonyl (C=O) groups is 2. The van der Waals surface area contributed by atoms with E-state index in [9.17, 15) is 9.59 Å². The first-order chi connectivity index (χ1) is 8.93. The van der Waals surface area contributed by atoms with E-state index in [0.717, 1.165) is 5.57 Å². The molecule has 1 aromatic rings. The van der Waals surface area contributed by atoms with Crippen LogP contribution in [0, 0.1) is 6.92 Å². The second kappa shape index (κ2) is 6.78. The maximum Gasteiger partial charge on any atom is 0.341 e. The summed E-state index contributed by atoms with van der Waals surface area (Å²) < 4.78 is 15.2. The van der Waals surface area contributed by atoms with Crippen LogP contribution in [0.2, 0.25) is 0 Å². The Hall–Kier alpha value is -2.04.